The van der Waals surface area contributed by atoms with Crippen LogP contribution in [0.1, 0.15) is 41.0 Å². The van der Waals surface area contributed by atoms with Crippen LogP contribution in [0.3, 0.4) is 0 Å². The second kappa shape index (κ2) is 7.96. The van der Waals surface area contributed by atoms with Gasteiger partial charge < -0.3 is 5.32 Å². The molecule has 1 aliphatic heterocycles. The number of fused-ring (bicyclic) bond motifs is 1. The predicted octanol–water partition coefficient (Wildman–Crippen LogP) is 0.363. The Morgan fingerprint density at radius 3 is 2.12 bits per heavy atom. The summed E-state index contributed by atoms with van der Waals surface area (Å²) in [5.41, 5.74) is 0.550. The molecule has 0 spiro atoms. The fraction of sp³-hybridized carbons (Fsp3) is 0.471. The third-order valence-electron chi connectivity index (χ3n) is 4.12. The highest BCUT2D eigenvalue weighted by Gasteiger charge is 2.42. The largest absolute Gasteiger partial charge is 0.353 e. The first-order valence-electron chi connectivity index (χ1n) is 8.33. The van der Waals surface area contributed by atoms with Gasteiger partial charge in [0.2, 0.25) is 15.9 Å². The zero-order chi connectivity index (χ0) is 19.5. The lowest BCUT2D eigenvalue weighted by Crippen LogP contribution is -2.51. The second-order valence-electron chi connectivity index (χ2n) is 6.49. The molecule has 1 aromatic rings. The maximum absolute atomic E-state index is 12.6. The highest BCUT2D eigenvalue weighted by Crippen LogP contribution is 2.26. The molecule has 8 nitrogen and oxygen atoms in total. The summed E-state index contributed by atoms with van der Waals surface area (Å²) in [6.45, 7) is 3.65. The van der Waals surface area contributed by atoms with E-state index in [1.807, 2.05) is 13.8 Å². The van der Waals surface area contributed by atoms with Gasteiger partial charge in [0.25, 0.3) is 11.8 Å². The summed E-state index contributed by atoms with van der Waals surface area (Å²) in [5.74, 6) is -1.79. The number of nitrogens with zero attached hydrogens (tertiary/aromatic N) is 1. The van der Waals surface area contributed by atoms with E-state index in [4.69, 9.17) is 0 Å². The van der Waals surface area contributed by atoms with E-state index < -0.39 is 33.8 Å². The molecule has 2 rings (SSSR count). The van der Waals surface area contributed by atoms with Crippen molar-refractivity contribution >= 4 is 27.7 Å². The summed E-state index contributed by atoms with van der Waals surface area (Å²) in [5, 5.41) is 2.52. The van der Waals surface area contributed by atoms with E-state index in [1.54, 1.807) is 24.3 Å². The van der Waals surface area contributed by atoms with Gasteiger partial charge in [-0.05, 0) is 31.5 Å². The van der Waals surface area contributed by atoms with Crippen LogP contribution in [-0.2, 0) is 14.8 Å². The van der Waals surface area contributed by atoms with Crippen LogP contribution in [-0.4, -0.2) is 56.4 Å². The quantitative estimate of drug-likeness (QED) is 0.632. The van der Waals surface area contributed by atoms with Crippen LogP contribution in [0.4, 0.5) is 0 Å². The van der Waals surface area contributed by atoms with E-state index in [9.17, 15) is 22.8 Å². The highest BCUT2D eigenvalue weighted by atomic mass is 32.2. The van der Waals surface area contributed by atoms with E-state index in [-0.39, 0.29) is 35.8 Å². The van der Waals surface area contributed by atoms with Gasteiger partial charge in [0.1, 0.15) is 6.04 Å². The van der Waals surface area contributed by atoms with Crippen molar-refractivity contribution in [1.29, 1.82) is 0 Å². The molecule has 0 bridgehead atoms. The molecule has 0 saturated carbocycles. The number of sulfonamides is 1. The van der Waals surface area contributed by atoms with Crippen molar-refractivity contribution in [3.8, 4) is 0 Å². The Kier molecular flexibility index (Phi) is 6.14. The Hall–Kier alpha value is -2.26. The first-order valence-corrected chi connectivity index (χ1v) is 9.99. The monoisotopic (exact) mass is 381 g/mol. The summed E-state index contributed by atoms with van der Waals surface area (Å²) < 4.78 is 25.1. The van der Waals surface area contributed by atoms with Crippen molar-refractivity contribution in [2.75, 3.05) is 19.3 Å². The van der Waals surface area contributed by atoms with Gasteiger partial charge in [-0.2, -0.15) is 0 Å². The first kappa shape index (κ1) is 20.1. The van der Waals surface area contributed by atoms with Crippen LogP contribution >= 0.6 is 0 Å². The number of carbonyl (C=O) groups is 3. The number of nitrogens with one attached hydrogen (secondary N) is 2. The molecule has 0 saturated heterocycles. The molecule has 1 atom stereocenters. The fourth-order valence-corrected chi connectivity index (χ4v) is 3.37. The number of benzene rings is 1. The maximum atomic E-state index is 12.6. The number of carbonyl (C=O) groups excluding carboxylic acids is 3. The van der Waals surface area contributed by atoms with Gasteiger partial charge in [-0.25, -0.2) is 13.1 Å². The molecule has 3 amide bonds. The van der Waals surface area contributed by atoms with Gasteiger partial charge in [0, 0.05) is 6.54 Å². The average molecular weight is 381 g/mol. The SMILES string of the molecule is CNS(=O)(=O)CCNC(=O)C(CC(C)C)N1C(=O)c2ccccc2C1=O. The molecule has 0 aliphatic carbocycles. The van der Waals surface area contributed by atoms with Crippen LogP contribution in [0.5, 0.6) is 0 Å². The van der Waals surface area contributed by atoms with Crippen LogP contribution < -0.4 is 10.0 Å². The average Bonchev–Trinajstić information content (AvgIpc) is 2.84. The molecule has 0 radical (unpaired) electrons. The molecule has 1 heterocycles. The minimum absolute atomic E-state index is 0.0519. The molecule has 9 heteroatoms. The number of hydrogen-bond donors (Lipinski definition) is 2. The van der Waals surface area contributed by atoms with Crippen molar-refractivity contribution in [3.05, 3.63) is 35.4 Å². The lowest BCUT2D eigenvalue weighted by Gasteiger charge is -2.26. The van der Waals surface area contributed by atoms with Crippen LogP contribution in [0.25, 0.3) is 0 Å². The van der Waals surface area contributed by atoms with Gasteiger partial charge >= 0.3 is 0 Å². The molecule has 142 valence electrons. The van der Waals surface area contributed by atoms with Crippen molar-refractivity contribution < 1.29 is 22.8 Å². The molecular formula is C17H23N3O5S. The smallest absolute Gasteiger partial charge is 0.262 e. The van der Waals surface area contributed by atoms with Gasteiger partial charge in [-0.3, -0.25) is 19.3 Å². The number of hydrogen-bond acceptors (Lipinski definition) is 5. The Morgan fingerprint density at radius 2 is 1.65 bits per heavy atom. The van der Waals surface area contributed by atoms with Gasteiger partial charge in [-0.15, -0.1) is 0 Å². The first-order chi connectivity index (χ1) is 12.2. The predicted molar refractivity (Wildman–Crippen MR) is 96.0 cm³/mol. The maximum Gasteiger partial charge on any atom is 0.262 e. The zero-order valence-corrected chi connectivity index (χ0v) is 15.8. The van der Waals surface area contributed by atoms with Crippen molar-refractivity contribution in [1.82, 2.24) is 14.9 Å². The lowest BCUT2D eigenvalue weighted by molar-refractivity contribution is -0.125. The van der Waals surface area contributed by atoms with E-state index >= 15 is 0 Å². The van der Waals surface area contributed by atoms with Crippen LogP contribution in [0, 0.1) is 5.92 Å². The molecule has 26 heavy (non-hydrogen) atoms. The van der Waals surface area contributed by atoms with Crippen molar-refractivity contribution in [3.63, 3.8) is 0 Å². The minimum Gasteiger partial charge on any atom is -0.353 e. The molecule has 1 unspecified atom stereocenters. The summed E-state index contributed by atoms with van der Waals surface area (Å²) >= 11 is 0. The van der Waals surface area contributed by atoms with Crippen LogP contribution in [0.15, 0.2) is 24.3 Å². The molecule has 0 fully saturated rings. The molecule has 2 N–H and O–H groups in total. The third-order valence-corrected chi connectivity index (χ3v) is 5.48. The van der Waals surface area contributed by atoms with Crippen molar-refractivity contribution in [2.24, 2.45) is 5.92 Å². The van der Waals surface area contributed by atoms with Crippen LogP contribution in [0.2, 0.25) is 0 Å². The Morgan fingerprint density at radius 1 is 1.12 bits per heavy atom. The number of rotatable bonds is 8. The Bertz CT molecular complexity index is 784. The van der Waals surface area contributed by atoms with E-state index in [2.05, 4.69) is 10.0 Å². The van der Waals surface area contributed by atoms with Gasteiger partial charge in [0.15, 0.2) is 0 Å². The van der Waals surface area contributed by atoms with Crippen molar-refractivity contribution in [2.45, 2.75) is 26.3 Å². The highest BCUT2D eigenvalue weighted by molar-refractivity contribution is 7.89. The summed E-state index contributed by atoms with van der Waals surface area (Å²) in [4.78, 5) is 38.9. The van der Waals surface area contributed by atoms with Gasteiger partial charge in [-0.1, -0.05) is 26.0 Å². The summed E-state index contributed by atoms with van der Waals surface area (Å²) in [6.07, 6.45) is 0.288. The molecular weight excluding hydrogens is 358 g/mol. The summed E-state index contributed by atoms with van der Waals surface area (Å²) in [7, 11) is -2.17. The normalized spacial score (nSPS) is 15.3. The molecule has 1 aliphatic rings. The zero-order valence-electron chi connectivity index (χ0n) is 15.0. The topological polar surface area (TPSA) is 113 Å². The van der Waals surface area contributed by atoms with E-state index in [0.717, 1.165) is 4.90 Å². The second-order valence-corrected chi connectivity index (χ2v) is 8.53. The van der Waals surface area contributed by atoms with E-state index in [0.29, 0.717) is 0 Å². The van der Waals surface area contributed by atoms with E-state index in [1.165, 1.54) is 7.05 Å². The third kappa shape index (κ3) is 4.28. The Balaban J connectivity index is 2.19. The number of imide groups is 1. The minimum atomic E-state index is -3.46. The standard InChI is InChI=1S/C17H23N3O5S/c1-11(2)10-14(15(21)19-8-9-26(24,25)18-3)20-16(22)12-6-4-5-7-13(12)17(20)23/h4-7,11,14,18H,8-10H2,1-3H3,(H,19,21). The number of amides is 3. The Labute approximate surface area is 153 Å². The summed E-state index contributed by atoms with van der Waals surface area (Å²) in [6, 6.07) is 5.44. The molecule has 1 aromatic carbocycles. The lowest BCUT2D eigenvalue weighted by atomic mass is 10.0. The fourth-order valence-electron chi connectivity index (χ4n) is 2.80. The molecule has 0 aromatic heterocycles. The van der Waals surface area contributed by atoms with Gasteiger partial charge in [0.05, 0.1) is 16.9 Å².